The van der Waals surface area contributed by atoms with Crippen molar-refractivity contribution in [3.8, 4) is 0 Å². The van der Waals surface area contributed by atoms with Gasteiger partial charge in [0.1, 0.15) is 5.78 Å². The summed E-state index contributed by atoms with van der Waals surface area (Å²) in [6.45, 7) is 10.3. The molecule has 0 bridgehead atoms. The third-order valence-electron chi connectivity index (χ3n) is 1.94. The Labute approximate surface area is 89.4 Å². The highest BCUT2D eigenvalue weighted by atomic mass is 127. The number of rotatable bonds is 3. The van der Waals surface area contributed by atoms with E-state index in [4.69, 9.17) is 0 Å². The maximum atomic E-state index is 11.6. The lowest BCUT2D eigenvalue weighted by Gasteiger charge is -2.20. The van der Waals surface area contributed by atoms with Crippen LogP contribution in [0.5, 0.6) is 0 Å². The number of hydrogen-bond acceptors (Lipinski definition) is 1. The molecule has 1 atom stereocenters. The van der Waals surface area contributed by atoms with Gasteiger partial charge in [-0.05, 0) is 5.92 Å². The average molecular weight is 282 g/mol. The molecule has 0 aliphatic carbocycles. The normalized spacial score (nSPS) is 14.9. The Morgan fingerprint density at radius 2 is 1.75 bits per heavy atom. The first-order valence-electron chi connectivity index (χ1n) is 4.42. The van der Waals surface area contributed by atoms with Crippen LogP contribution in [0.25, 0.3) is 0 Å². The fraction of sp³-hybridized carbons (Fsp3) is 0.900. The molecule has 0 rings (SSSR count). The summed E-state index contributed by atoms with van der Waals surface area (Å²) in [6.07, 6.45) is 0.710. The summed E-state index contributed by atoms with van der Waals surface area (Å²) in [5.74, 6) is 0.965. The monoisotopic (exact) mass is 282 g/mol. The van der Waals surface area contributed by atoms with Crippen molar-refractivity contribution in [3.05, 3.63) is 0 Å². The van der Waals surface area contributed by atoms with E-state index >= 15 is 0 Å². The molecule has 12 heavy (non-hydrogen) atoms. The molecule has 0 heterocycles. The smallest absolute Gasteiger partial charge is 0.139 e. The molecule has 0 aromatic heterocycles. The summed E-state index contributed by atoms with van der Waals surface area (Å²) < 4.78 is 0.481. The van der Waals surface area contributed by atoms with Gasteiger partial charge in [0.05, 0.1) is 0 Å². The van der Waals surface area contributed by atoms with Crippen molar-refractivity contribution in [2.75, 3.05) is 0 Å². The van der Waals surface area contributed by atoms with Crippen molar-refractivity contribution in [2.45, 2.75) is 45.0 Å². The fourth-order valence-corrected chi connectivity index (χ4v) is 1.12. The van der Waals surface area contributed by atoms with E-state index in [1.165, 1.54) is 0 Å². The molecule has 0 amide bonds. The van der Waals surface area contributed by atoms with Crippen LogP contribution < -0.4 is 0 Å². The van der Waals surface area contributed by atoms with Crippen molar-refractivity contribution in [2.24, 2.45) is 11.3 Å². The molecule has 0 aliphatic heterocycles. The summed E-state index contributed by atoms with van der Waals surface area (Å²) in [5.41, 5.74) is -0.168. The highest BCUT2D eigenvalue weighted by molar-refractivity contribution is 14.1. The zero-order chi connectivity index (χ0) is 9.94. The Morgan fingerprint density at radius 3 is 2.00 bits per heavy atom. The fourth-order valence-electron chi connectivity index (χ4n) is 0.719. The van der Waals surface area contributed by atoms with Crippen LogP contribution in [-0.4, -0.2) is 9.71 Å². The van der Waals surface area contributed by atoms with Crippen LogP contribution >= 0.6 is 22.6 Å². The molecule has 1 nitrogen and oxygen atoms in total. The van der Waals surface area contributed by atoms with Gasteiger partial charge in [0.25, 0.3) is 0 Å². The van der Waals surface area contributed by atoms with Gasteiger partial charge in [-0.2, -0.15) is 0 Å². The van der Waals surface area contributed by atoms with Crippen molar-refractivity contribution in [1.29, 1.82) is 0 Å². The first-order valence-corrected chi connectivity index (χ1v) is 5.67. The molecule has 0 N–H and O–H groups in total. The molecule has 2 heteroatoms. The second-order valence-corrected chi connectivity index (χ2v) is 6.24. The zero-order valence-corrected chi connectivity index (χ0v) is 10.8. The number of carbonyl (C=O) groups is 1. The lowest BCUT2D eigenvalue weighted by atomic mass is 9.87. The number of carbonyl (C=O) groups excluding carboxylic acids is 1. The summed E-state index contributed by atoms with van der Waals surface area (Å²) in [7, 11) is 0. The van der Waals surface area contributed by atoms with E-state index in [2.05, 4.69) is 36.4 Å². The molecular weight excluding hydrogens is 263 g/mol. The minimum absolute atomic E-state index is 0.168. The second kappa shape index (κ2) is 4.58. The molecule has 0 saturated carbocycles. The van der Waals surface area contributed by atoms with Gasteiger partial charge < -0.3 is 0 Å². The van der Waals surface area contributed by atoms with Gasteiger partial charge in [0, 0.05) is 15.8 Å². The van der Waals surface area contributed by atoms with Gasteiger partial charge >= 0.3 is 0 Å². The van der Waals surface area contributed by atoms with Crippen molar-refractivity contribution in [1.82, 2.24) is 0 Å². The summed E-state index contributed by atoms with van der Waals surface area (Å²) >= 11 is 2.37. The molecule has 0 saturated heterocycles. The average Bonchev–Trinajstić information content (AvgIpc) is 1.85. The maximum absolute atomic E-state index is 11.6. The van der Waals surface area contributed by atoms with Crippen molar-refractivity contribution >= 4 is 28.4 Å². The third kappa shape index (κ3) is 4.43. The van der Waals surface area contributed by atoms with E-state index in [1.54, 1.807) is 0 Å². The van der Waals surface area contributed by atoms with Gasteiger partial charge in [-0.15, -0.1) is 0 Å². The molecule has 0 radical (unpaired) electrons. The Balaban J connectivity index is 4.02. The molecule has 0 spiro atoms. The number of alkyl halides is 1. The van der Waals surface area contributed by atoms with Crippen LogP contribution in [0.4, 0.5) is 0 Å². The zero-order valence-electron chi connectivity index (χ0n) is 8.65. The van der Waals surface area contributed by atoms with E-state index in [0.717, 1.165) is 0 Å². The van der Waals surface area contributed by atoms with Crippen molar-refractivity contribution < 1.29 is 4.79 Å². The lowest BCUT2D eigenvalue weighted by molar-refractivity contribution is -0.126. The van der Waals surface area contributed by atoms with Gasteiger partial charge in [-0.3, -0.25) is 4.79 Å². The predicted octanol–water partition coefficient (Wildman–Crippen LogP) is 3.45. The largest absolute Gasteiger partial charge is 0.299 e. The van der Waals surface area contributed by atoms with E-state index < -0.39 is 0 Å². The Hall–Kier alpha value is 0.400. The standard InChI is InChI=1S/C10H19IO/c1-7(2)8(11)6-9(12)10(3,4)5/h7-8H,6H2,1-5H3. The van der Waals surface area contributed by atoms with E-state index in [-0.39, 0.29) is 5.41 Å². The number of ketones is 1. The molecule has 0 fully saturated rings. The molecule has 0 aromatic carbocycles. The number of halogens is 1. The molecule has 0 aliphatic rings. The second-order valence-electron chi connectivity index (χ2n) is 4.64. The highest BCUT2D eigenvalue weighted by Crippen LogP contribution is 2.24. The molecule has 1 unspecified atom stereocenters. The first kappa shape index (κ1) is 12.4. The van der Waals surface area contributed by atoms with E-state index in [9.17, 15) is 4.79 Å². The Bertz CT molecular complexity index is 156. The van der Waals surface area contributed by atoms with Gasteiger partial charge in [-0.25, -0.2) is 0 Å². The minimum Gasteiger partial charge on any atom is -0.299 e. The van der Waals surface area contributed by atoms with Crippen LogP contribution in [0.3, 0.4) is 0 Å². The van der Waals surface area contributed by atoms with Gasteiger partial charge in [-0.1, -0.05) is 57.2 Å². The molecule has 0 aromatic rings. The van der Waals surface area contributed by atoms with Crippen LogP contribution in [0.2, 0.25) is 0 Å². The van der Waals surface area contributed by atoms with Gasteiger partial charge in [0.2, 0.25) is 0 Å². The predicted molar refractivity (Wildman–Crippen MR) is 61.7 cm³/mol. The summed E-state index contributed by atoms with van der Waals surface area (Å²) in [5, 5.41) is 0. The third-order valence-corrected chi connectivity index (χ3v) is 3.82. The highest BCUT2D eigenvalue weighted by Gasteiger charge is 2.24. The summed E-state index contributed by atoms with van der Waals surface area (Å²) in [6, 6.07) is 0. The first-order chi connectivity index (χ1) is 5.25. The van der Waals surface area contributed by atoms with Crippen LogP contribution in [0, 0.1) is 11.3 Å². The number of Topliss-reactive ketones (excluding diaryl/α,β-unsaturated/α-hetero) is 1. The van der Waals surface area contributed by atoms with E-state index in [1.807, 2.05) is 20.8 Å². The topological polar surface area (TPSA) is 17.1 Å². The van der Waals surface area contributed by atoms with Crippen LogP contribution in [0.1, 0.15) is 41.0 Å². The maximum Gasteiger partial charge on any atom is 0.139 e. The SMILES string of the molecule is CC(C)C(I)CC(=O)C(C)(C)C. The van der Waals surface area contributed by atoms with E-state index in [0.29, 0.717) is 22.0 Å². The number of hydrogen-bond donors (Lipinski definition) is 0. The quantitative estimate of drug-likeness (QED) is 0.572. The Morgan fingerprint density at radius 1 is 1.33 bits per heavy atom. The van der Waals surface area contributed by atoms with Crippen LogP contribution in [-0.2, 0) is 4.79 Å². The molecular formula is C10H19IO. The lowest BCUT2D eigenvalue weighted by Crippen LogP contribution is -2.24. The Kier molecular flexibility index (Phi) is 4.74. The van der Waals surface area contributed by atoms with Crippen LogP contribution in [0.15, 0.2) is 0 Å². The summed E-state index contributed by atoms with van der Waals surface area (Å²) in [4.78, 5) is 11.6. The minimum atomic E-state index is -0.168. The molecule has 72 valence electrons. The van der Waals surface area contributed by atoms with Crippen molar-refractivity contribution in [3.63, 3.8) is 0 Å². The van der Waals surface area contributed by atoms with Gasteiger partial charge in [0.15, 0.2) is 0 Å².